The fraction of sp³-hybridized carbons (Fsp3) is 0.588. The number of carbonyl (C=O) groups is 1. The van der Waals surface area contributed by atoms with Gasteiger partial charge in [-0.1, -0.05) is 36.8 Å². The number of benzene rings is 1. The van der Waals surface area contributed by atoms with Crippen LogP contribution in [-0.4, -0.2) is 47.5 Å². The van der Waals surface area contributed by atoms with E-state index in [2.05, 4.69) is 10.6 Å². The van der Waals surface area contributed by atoms with Crippen molar-refractivity contribution in [2.75, 3.05) is 13.1 Å². The molecule has 0 bridgehead atoms. The van der Waals surface area contributed by atoms with Gasteiger partial charge in [-0.25, -0.2) is 0 Å². The van der Waals surface area contributed by atoms with Crippen molar-refractivity contribution in [2.45, 2.75) is 38.3 Å². The number of rotatable bonds is 10. The molecule has 1 aliphatic rings. The van der Waals surface area contributed by atoms with E-state index in [1.165, 1.54) is 0 Å². The topological polar surface area (TPSA) is 128 Å². The third-order valence-corrected chi connectivity index (χ3v) is 5.05. The van der Waals surface area contributed by atoms with Crippen LogP contribution in [0.5, 0.6) is 0 Å². The van der Waals surface area contributed by atoms with Gasteiger partial charge >= 0.3 is 13.1 Å². The van der Waals surface area contributed by atoms with Gasteiger partial charge in [0.15, 0.2) is 0 Å². The Labute approximate surface area is 148 Å². The van der Waals surface area contributed by atoms with E-state index in [0.717, 1.165) is 5.56 Å². The summed E-state index contributed by atoms with van der Waals surface area (Å²) in [5.41, 5.74) is 6.35. The number of nitrogens with two attached hydrogens (primary N) is 1. The van der Waals surface area contributed by atoms with Crippen LogP contribution in [0.1, 0.15) is 24.8 Å². The molecule has 1 unspecified atom stereocenters. The molecule has 7 N–H and O–H groups in total. The molecule has 1 fully saturated rings. The van der Waals surface area contributed by atoms with Gasteiger partial charge in [0.1, 0.15) is 0 Å². The highest BCUT2D eigenvalue weighted by Crippen LogP contribution is 2.39. The van der Waals surface area contributed by atoms with Gasteiger partial charge < -0.3 is 26.2 Å². The summed E-state index contributed by atoms with van der Waals surface area (Å²) in [4.78, 5) is 12.0. The first-order valence-electron chi connectivity index (χ1n) is 8.77. The van der Waals surface area contributed by atoms with Crippen molar-refractivity contribution < 1.29 is 19.9 Å². The fourth-order valence-electron chi connectivity index (χ4n) is 3.62. The zero-order chi connectivity index (χ0) is 18.3. The van der Waals surface area contributed by atoms with Crippen LogP contribution in [0.15, 0.2) is 30.3 Å². The molecule has 1 aromatic carbocycles. The molecule has 0 spiro atoms. The second-order valence-corrected chi connectivity index (χ2v) is 6.88. The van der Waals surface area contributed by atoms with Crippen molar-refractivity contribution in [2.24, 2.45) is 17.1 Å². The van der Waals surface area contributed by atoms with Gasteiger partial charge in [-0.15, -0.1) is 0 Å². The third-order valence-electron chi connectivity index (χ3n) is 5.05. The molecule has 138 valence electrons. The van der Waals surface area contributed by atoms with Gasteiger partial charge in [-0.3, -0.25) is 10.1 Å². The van der Waals surface area contributed by atoms with Gasteiger partial charge in [-0.2, -0.15) is 0 Å². The summed E-state index contributed by atoms with van der Waals surface area (Å²) in [5, 5.41) is 34.2. The second kappa shape index (κ2) is 9.31. The smallest absolute Gasteiger partial charge is 0.451 e. The Hall–Kier alpha value is -1.45. The van der Waals surface area contributed by atoms with E-state index in [1.807, 2.05) is 30.3 Å². The van der Waals surface area contributed by atoms with Gasteiger partial charge in [0.05, 0.1) is 11.6 Å². The van der Waals surface area contributed by atoms with Crippen LogP contribution in [0.4, 0.5) is 0 Å². The summed E-state index contributed by atoms with van der Waals surface area (Å²) in [6.07, 6.45) is 1.36. The molecule has 1 aromatic rings. The fourth-order valence-corrected chi connectivity index (χ4v) is 3.62. The van der Waals surface area contributed by atoms with Crippen LogP contribution < -0.4 is 16.4 Å². The van der Waals surface area contributed by atoms with E-state index in [9.17, 15) is 9.90 Å². The maximum absolute atomic E-state index is 12.0. The Balaban J connectivity index is 1.94. The lowest BCUT2D eigenvalue weighted by molar-refractivity contribution is -0.151. The lowest BCUT2D eigenvalue weighted by atomic mass is 9.71. The normalized spacial score (nSPS) is 24.2. The molecule has 3 atom stereocenters. The Morgan fingerprint density at radius 3 is 2.76 bits per heavy atom. The molecule has 0 amide bonds. The van der Waals surface area contributed by atoms with Gasteiger partial charge in [-0.05, 0) is 37.2 Å². The van der Waals surface area contributed by atoms with E-state index in [0.29, 0.717) is 38.9 Å². The zero-order valence-electron chi connectivity index (χ0n) is 14.4. The average molecular weight is 349 g/mol. The number of aliphatic carboxylic acids is 1. The van der Waals surface area contributed by atoms with Crippen molar-refractivity contribution in [3.63, 3.8) is 0 Å². The summed E-state index contributed by atoms with van der Waals surface area (Å²) in [5.74, 6) is -0.919. The second-order valence-electron chi connectivity index (χ2n) is 6.88. The Morgan fingerprint density at radius 1 is 1.40 bits per heavy atom. The summed E-state index contributed by atoms with van der Waals surface area (Å²) < 4.78 is 0. The lowest BCUT2D eigenvalue weighted by Gasteiger charge is -2.33. The molecule has 1 aliphatic heterocycles. The Kier molecular flexibility index (Phi) is 7.40. The predicted octanol–water partition coefficient (Wildman–Crippen LogP) is -0.00550. The minimum absolute atomic E-state index is 0.0756. The van der Waals surface area contributed by atoms with Crippen molar-refractivity contribution in [3.05, 3.63) is 35.9 Å². The molecule has 0 aromatic heterocycles. The minimum atomic E-state index is -1.34. The molecule has 1 heterocycles. The SMILES string of the molecule is NC(C[C@]1(C(=O)O)CNC[C@H]1CCCB(O)O)NCc1ccccc1. The summed E-state index contributed by atoms with van der Waals surface area (Å²) in [6.45, 7) is 1.58. The maximum Gasteiger partial charge on any atom is 0.451 e. The van der Waals surface area contributed by atoms with Crippen LogP contribution in [0.3, 0.4) is 0 Å². The Morgan fingerprint density at radius 2 is 2.12 bits per heavy atom. The molecule has 8 heteroatoms. The van der Waals surface area contributed by atoms with Crippen LogP contribution in [0, 0.1) is 11.3 Å². The first kappa shape index (κ1) is 19.9. The van der Waals surface area contributed by atoms with Gasteiger partial charge in [0.2, 0.25) is 0 Å². The molecule has 25 heavy (non-hydrogen) atoms. The third kappa shape index (κ3) is 5.52. The van der Waals surface area contributed by atoms with E-state index < -0.39 is 24.7 Å². The molecule has 0 radical (unpaired) electrons. The van der Waals surface area contributed by atoms with E-state index in [4.69, 9.17) is 15.8 Å². The average Bonchev–Trinajstić information content (AvgIpc) is 2.97. The summed E-state index contributed by atoms with van der Waals surface area (Å²) in [6, 6.07) is 9.84. The van der Waals surface area contributed by atoms with Gasteiger partial charge in [0, 0.05) is 13.1 Å². The standard InChI is InChI=1S/C17H28BN3O4/c19-15(21-10-13-5-2-1-3-6-13)9-17(16(22)23)12-20-11-14(17)7-4-8-18(24)25/h1-3,5-6,14-15,20-21,24-25H,4,7-12,19H2,(H,22,23)/t14-,15?,17+/m1/s1. The van der Waals surface area contributed by atoms with Crippen LogP contribution >= 0.6 is 0 Å². The Bertz CT molecular complexity index is 546. The number of hydrogen-bond acceptors (Lipinski definition) is 6. The number of carboxylic acid groups (broad SMARTS) is 1. The first-order chi connectivity index (χ1) is 11.9. The quantitative estimate of drug-likeness (QED) is 0.259. The van der Waals surface area contributed by atoms with Crippen LogP contribution in [0.25, 0.3) is 0 Å². The highest BCUT2D eigenvalue weighted by Gasteiger charge is 2.49. The van der Waals surface area contributed by atoms with Crippen molar-refractivity contribution in [3.8, 4) is 0 Å². The van der Waals surface area contributed by atoms with E-state index >= 15 is 0 Å². The minimum Gasteiger partial charge on any atom is -0.481 e. The largest absolute Gasteiger partial charge is 0.481 e. The summed E-state index contributed by atoms with van der Waals surface area (Å²) >= 11 is 0. The van der Waals surface area contributed by atoms with E-state index in [1.54, 1.807) is 0 Å². The molecular formula is C17H28BN3O4. The number of hydrogen-bond donors (Lipinski definition) is 6. The first-order valence-corrected chi connectivity index (χ1v) is 8.77. The molecular weight excluding hydrogens is 321 g/mol. The van der Waals surface area contributed by atoms with Crippen LogP contribution in [-0.2, 0) is 11.3 Å². The maximum atomic E-state index is 12.0. The summed E-state index contributed by atoms with van der Waals surface area (Å²) in [7, 11) is -1.34. The molecule has 2 rings (SSSR count). The number of nitrogens with one attached hydrogen (secondary N) is 2. The van der Waals surface area contributed by atoms with Crippen molar-refractivity contribution in [1.82, 2.24) is 10.6 Å². The molecule has 0 saturated carbocycles. The van der Waals surface area contributed by atoms with Crippen LogP contribution in [0.2, 0.25) is 6.32 Å². The monoisotopic (exact) mass is 349 g/mol. The lowest BCUT2D eigenvalue weighted by Crippen LogP contribution is -2.48. The molecule has 7 nitrogen and oxygen atoms in total. The highest BCUT2D eigenvalue weighted by atomic mass is 16.4. The number of carboxylic acids is 1. The van der Waals surface area contributed by atoms with Gasteiger partial charge in [0.25, 0.3) is 0 Å². The van der Waals surface area contributed by atoms with E-state index in [-0.39, 0.29) is 12.2 Å². The van der Waals surface area contributed by atoms with Crippen molar-refractivity contribution in [1.29, 1.82) is 0 Å². The van der Waals surface area contributed by atoms with Crippen molar-refractivity contribution >= 4 is 13.1 Å². The molecule has 0 aliphatic carbocycles. The highest BCUT2D eigenvalue weighted by molar-refractivity contribution is 6.40. The zero-order valence-corrected chi connectivity index (χ0v) is 14.4. The molecule has 1 saturated heterocycles. The predicted molar refractivity (Wildman–Crippen MR) is 96.5 cm³/mol.